The topological polar surface area (TPSA) is 35.9 Å². The molecule has 0 fully saturated rings. The molecule has 0 amide bonds. The van der Waals surface area contributed by atoms with Crippen LogP contribution >= 0.6 is 0 Å². The Hall–Kier alpha value is -3.47. The van der Waals surface area contributed by atoms with E-state index in [2.05, 4.69) is 31.2 Å². The Morgan fingerprint density at radius 2 is 1.53 bits per heavy atom. The van der Waals surface area contributed by atoms with Gasteiger partial charge in [0.1, 0.15) is 5.82 Å². The summed E-state index contributed by atoms with van der Waals surface area (Å²) in [6.07, 6.45) is 0.590. The number of rotatable bonds is 5. The summed E-state index contributed by atoms with van der Waals surface area (Å²) in [6.45, 7) is 5.65. The second-order valence-electron chi connectivity index (χ2n) is 7.48. The lowest BCUT2D eigenvalue weighted by Crippen LogP contribution is -2.37. The number of hydrazone groups is 1. The zero-order chi connectivity index (χ0) is 21.3. The smallest absolute Gasteiger partial charge is 0.198 e. The van der Waals surface area contributed by atoms with Crippen molar-refractivity contribution in [3.05, 3.63) is 95.3 Å². The van der Waals surface area contributed by atoms with Crippen molar-refractivity contribution in [3.8, 4) is 0 Å². The van der Waals surface area contributed by atoms with Crippen LogP contribution in [0.3, 0.4) is 0 Å². The van der Waals surface area contributed by atoms with Crippen molar-refractivity contribution < 1.29 is 9.18 Å². The third kappa shape index (κ3) is 3.71. The van der Waals surface area contributed by atoms with Crippen molar-refractivity contribution in [1.29, 1.82) is 0 Å². The Morgan fingerprint density at radius 1 is 0.933 bits per heavy atom. The standard InChI is InChI=1S/C25H24FN3O/c1-4-19-7-9-20(10-8-19)25-28(22-15-11-21(26)12-16-22)24(18(3)30)27-29(25)23-13-5-17(2)6-14-23/h5-16,25H,4H2,1-3H3. The molecule has 0 radical (unpaired) electrons. The van der Waals surface area contributed by atoms with Gasteiger partial charge in [-0.05, 0) is 60.9 Å². The van der Waals surface area contributed by atoms with Crippen LogP contribution in [0.4, 0.5) is 15.8 Å². The highest BCUT2D eigenvalue weighted by Gasteiger charge is 2.39. The molecule has 0 aliphatic carbocycles. The highest BCUT2D eigenvalue weighted by molar-refractivity contribution is 6.44. The Kier molecular flexibility index (Phi) is 5.36. The fourth-order valence-corrected chi connectivity index (χ4v) is 3.65. The zero-order valence-electron chi connectivity index (χ0n) is 17.3. The predicted molar refractivity (Wildman–Crippen MR) is 119 cm³/mol. The largest absolute Gasteiger partial charge is 0.295 e. The molecule has 1 heterocycles. The van der Waals surface area contributed by atoms with E-state index >= 15 is 0 Å². The first-order chi connectivity index (χ1) is 14.5. The molecule has 1 aliphatic rings. The number of amidine groups is 1. The summed E-state index contributed by atoms with van der Waals surface area (Å²) in [7, 11) is 0. The van der Waals surface area contributed by atoms with Crippen LogP contribution in [0.25, 0.3) is 0 Å². The second kappa shape index (κ2) is 8.11. The van der Waals surface area contributed by atoms with Crippen LogP contribution in [0.5, 0.6) is 0 Å². The normalized spacial score (nSPS) is 16.0. The molecule has 1 atom stereocenters. The van der Waals surface area contributed by atoms with Crippen molar-refractivity contribution in [1.82, 2.24) is 0 Å². The average Bonchev–Trinajstić information content (AvgIpc) is 3.16. The molecule has 5 heteroatoms. The molecule has 0 saturated carbocycles. The van der Waals surface area contributed by atoms with Crippen molar-refractivity contribution in [3.63, 3.8) is 0 Å². The van der Waals surface area contributed by atoms with Gasteiger partial charge in [-0.1, -0.05) is 48.9 Å². The minimum absolute atomic E-state index is 0.149. The Bertz CT molecular complexity index is 1070. The van der Waals surface area contributed by atoms with E-state index in [1.165, 1.54) is 24.6 Å². The molecule has 30 heavy (non-hydrogen) atoms. The number of aryl methyl sites for hydroxylation is 2. The van der Waals surface area contributed by atoms with E-state index in [-0.39, 0.29) is 17.8 Å². The van der Waals surface area contributed by atoms with E-state index in [9.17, 15) is 9.18 Å². The minimum Gasteiger partial charge on any atom is -0.295 e. The van der Waals surface area contributed by atoms with E-state index in [0.29, 0.717) is 11.5 Å². The van der Waals surface area contributed by atoms with Crippen LogP contribution in [-0.4, -0.2) is 11.6 Å². The van der Waals surface area contributed by atoms with Crippen LogP contribution in [0.2, 0.25) is 0 Å². The number of ketones is 1. The number of hydrogen-bond donors (Lipinski definition) is 0. The van der Waals surface area contributed by atoms with Gasteiger partial charge in [0.05, 0.1) is 5.69 Å². The number of carbonyl (C=O) groups excluding carboxylic acids is 1. The molecule has 1 aliphatic heterocycles. The van der Waals surface area contributed by atoms with Gasteiger partial charge in [-0.15, -0.1) is 5.10 Å². The summed E-state index contributed by atoms with van der Waals surface area (Å²) in [5.41, 5.74) is 4.97. The van der Waals surface area contributed by atoms with Gasteiger partial charge in [-0.25, -0.2) is 9.40 Å². The van der Waals surface area contributed by atoms with Crippen LogP contribution in [0, 0.1) is 12.7 Å². The molecule has 1 unspecified atom stereocenters. The summed E-state index contributed by atoms with van der Waals surface area (Å²) < 4.78 is 13.6. The van der Waals surface area contributed by atoms with Crippen LogP contribution in [0.15, 0.2) is 77.9 Å². The SMILES string of the molecule is CCc1ccc(C2N(c3ccc(C)cc3)N=C(C(C)=O)N2c2ccc(F)cc2)cc1. The number of halogens is 1. The summed E-state index contributed by atoms with van der Waals surface area (Å²) in [5, 5.41) is 6.56. The molecule has 152 valence electrons. The number of anilines is 2. The maximum atomic E-state index is 13.6. The van der Waals surface area contributed by atoms with E-state index in [1.807, 2.05) is 41.1 Å². The van der Waals surface area contributed by atoms with Gasteiger partial charge in [-0.2, -0.15) is 0 Å². The Labute approximate surface area is 176 Å². The van der Waals surface area contributed by atoms with Crippen LogP contribution < -0.4 is 9.91 Å². The lowest BCUT2D eigenvalue weighted by Gasteiger charge is -2.32. The van der Waals surface area contributed by atoms with E-state index < -0.39 is 0 Å². The highest BCUT2D eigenvalue weighted by Crippen LogP contribution is 2.39. The second-order valence-corrected chi connectivity index (χ2v) is 7.48. The maximum absolute atomic E-state index is 13.6. The number of benzene rings is 3. The first kappa shape index (κ1) is 19.8. The minimum atomic E-state index is -0.358. The van der Waals surface area contributed by atoms with E-state index in [1.54, 1.807) is 12.1 Å². The molecule has 0 bridgehead atoms. The molecule has 0 N–H and O–H groups in total. The Morgan fingerprint density at radius 3 is 2.10 bits per heavy atom. The predicted octanol–water partition coefficient (Wildman–Crippen LogP) is 5.62. The van der Waals surface area contributed by atoms with Gasteiger partial charge in [0, 0.05) is 12.6 Å². The van der Waals surface area contributed by atoms with Crippen LogP contribution in [-0.2, 0) is 11.2 Å². The molecule has 3 aromatic carbocycles. The fourth-order valence-electron chi connectivity index (χ4n) is 3.65. The number of carbonyl (C=O) groups is 1. The molecular formula is C25H24FN3O. The summed E-state index contributed by atoms with van der Waals surface area (Å²) >= 11 is 0. The lowest BCUT2D eigenvalue weighted by molar-refractivity contribution is -0.111. The van der Waals surface area contributed by atoms with Gasteiger partial charge >= 0.3 is 0 Å². The maximum Gasteiger partial charge on any atom is 0.198 e. The number of hydrogen-bond acceptors (Lipinski definition) is 4. The number of Topliss-reactive ketones (excluding diaryl/α,β-unsaturated/α-hetero) is 1. The highest BCUT2D eigenvalue weighted by atomic mass is 19.1. The van der Waals surface area contributed by atoms with Crippen molar-refractivity contribution in [2.75, 3.05) is 9.91 Å². The van der Waals surface area contributed by atoms with Gasteiger partial charge < -0.3 is 0 Å². The zero-order valence-corrected chi connectivity index (χ0v) is 17.3. The molecular weight excluding hydrogens is 377 g/mol. The van der Waals surface area contributed by atoms with Crippen LogP contribution in [0.1, 0.15) is 36.7 Å². The van der Waals surface area contributed by atoms with Crippen molar-refractivity contribution in [2.45, 2.75) is 33.4 Å². The third-order valence-corrected chi connectivity index (χ3v) is 5.31. The Balaban J connectivity index is 1.87. The molecule has 4 rings (SSSR count). The first-order valence-corrected chi connectivity index (χ1v) is 10.1. The molecule has 4 nitrogen and oxygen atoms in total. The quantitative estimate of drug-likeness (QED) is 0.556. The first-order valence-electron chi connectivity index (χ1n) is 10.1. The molecule has 0 aromatic heterocycles. The van der Waals surface area contributed by atoms with E-state index in [4.69, 9.17) is 5.10 Å². The fraction of sp³-hybridized carbons (Fsp3) is 0.200. The molecule has 3 aromatic rings. The van der Waals surface area contributed by atoms with Crippen molar-refractivity contribution >= 4 is 23.0 Å². The summed E-state index contributed by atoms with van der Waals surface area (Å²) in [4.78, 5) is 14.4. The van der Waals surface area contributed by atoms with Gasteiger partial charge in [-0.3, -0.25) is 9.69 Å². The van der Waals surface area contributed by atoms with Gasteiger partial charge in [0.2, 0.25) is 0 Å². The number of nitrogens with zero attached hydrogens (tertiary/aromatic N) is 3. The third-order valence-electron chi connectivity index (χ3n) is 5.31. The van der Waals surface area contributed by atoms with E-state index in [0.717, 1.165) is 23.2 Å². The van der Waals surface area contributed by atoms with Gasteiger partial charge in [0.25, 0.3) is 0 Å². The molecule has 0 spiro atoms. The van der Waals surface area contributed by atoms with Gasteiger partial charge in [0.15, 0.2) is 17.8 Å². The summed E-state index contributed by atoms with van der Waals surface area (Å²) in [6, 6.07) is 22.5. The average molecular weight is 401 g/mol. The lowest BCUT2D eigenvalue weighted by atomic mass is 10.1. The summed E-state index contributed by atoms with van der Waals surface area (Å²) in [5.74, 6) is -0.144. The molecule has 0 saturated heterocycles. The van der Waals surface area contributed by atoms with Crippen molar-refractivity contribution in [2.24, 2.45) is 5.10 Å². The monoisotopic (exact) mass is 401 g/mol.